The molecular formula is C14H29N3. The third kappa shape index (κ3) is 3.21. The molecule has 2 rings (SSSR count). The topological polar surface area (TPSA) is 32.5 Å². The lowest BCUT2D eigenvalue weighted by Crippen LogP contribution is -2.55. The van der Waals surface area contributed by atoms with Crippen molar-refractivity contribution in [3.05, 3.63) is 0 Å². The maximum atomic E-state index is 6.02. The number of nitrogens with two attached hydrogens (primary N) is 1. The van der Waals surface area contributed by atoms with Crippen LogP contribution in [-0.4, -0.2) is 54.6 Å². The molecular weight excluding hydrogens is 210 g/mol. The first kappa shape index (κ1) is 13.3. The normalized spacial score (nSPS) is 26.8. The SMILES string of the molecule is CC(C)N1CCN(C(CN)C2CCCC2)CC1. The van der Waals surface area contributed by atoms with Crippen molar-refractivity contribution in [3.63, 3.8) is 0 Å². The van der Waals surface area contributed by atoms with Crippen molar-refractivity contribution in [1.29, 1.82) is 0 Å². The number of hydrogen-bond acceptors (Lipinski definition) is 3. The van der Waals surface area contributed by atoms with E-state index in [2.05, 4.69) is 23.6 Å². The molecule has 1 saturated heterocycles. The van der Waals surface area contributed by atoms with E-state index in [-0.39, 0.29) is 0 Å². The number of piperazine rings is 1. The van der Waals surface area contributed by atoms with E-state index in [1.165, 1.54) is 51.9 Å². The quantitative estimate of drug-likeness (QED) is 0.807. The van der Waals surface area contributed by atoms with E-state index in [0.717, 1.165) is 12.5 Å². The molecule has 0 spiro atoms. The fourth-order valence-corrected chi connectivity index (χ4v) is 3.57. The molecule has 0 radical (unpaired) electrons. The smallest absolute Gasteiger partial charge is 0.0247 e. The van der Waals surface area contributed by atoms with Crippen molar-refractivity contribution < 1.29 is 0 Å². The third-order valence-electron chi connectivity index (χ3n) is 4.73. The fourth-order valence-electron chi connectivity index (χ4n) is 3.57. The van der Waals surface area contributed by atoms with Gasteiger partial charge in [-0.15, -0.1) is 0 Å². The first-order valence-corrected chi connectivity index (χ1v) is 7.40. The summed E-state index contributed by atoms with van der Waals surface area (Å²) in [5, 5.41) is 0. The Labute approximate surface area is 106 Å². The molecule has 100 valence electrons. The molecule has 0 aromatic rings. The third-order valence-corrected chi connectivity index (χ3v) is 4.73. The van der Waals surface area contributed by atoms with Crippen LogP contribution in [0, 0.1) is 5.92 Å². The van der Waals surface area contributed by atoms with Gasteiger partial charge < -0.3 is 5.73 Å². The Balaban J connectivity index is 1.85. The Bertz CT molecular complexity index is 216. The summed E-state index contributed by atoms with van der Waals surface area (Å²) in [4.78, 5) is 5.24. The Hall–Kier alpha value is -0.120. The van der Waals surface area contributed by atoms with Crippen LogP contribution in [-0.2, 0) is 0 Å². The fraction of sp³-hybridized carbons (Fsp3) is 1.00. The zero-order chi connectivity index (χ0) is 12.3. The minimum atomic E-state index is 0.659. The maximum Gasteiger partial charge on any atom is 0.0247 e. The molecule has 2 N–H and O–H groups in total. The summed E-state index contributed by atoms with van der Waals surface area (Å²) in [6, 6.07) is 1.35. The molecule has 1 aliphatic carbocycles. The Morgan fingerprint density at radius 2 is 1.53 bits per heavy atom. The van der Waals surface area contributed by atoms with Crippen LogP contribution in [0.5, 0.6) is 0 Å². The molecule has 1 heterocycles. The number of nitrogens with zero attached hydrogens (tertiary/aromatic N) is 2. The minimum absolute atomic E-state index is 0.659. The van der Waals surface area contributed by atoms with Gasteiger partial charge in [-0.25, -0.2) is 0 Å². The van der Waals surface area contributed by atoms with Crippen LogP contribution in [0.15, 0.2) is 0 Å². The molecule has 17 heavy (non-hydrogen) atoms. The highest BCUT2D eigenvalue weighted by molar-refractivity contribution is 4.87. The van der Waals surface area contributed by atoms with E-state index in [0.29, 0.717) is 12.1 Å². The van der Waals surface area contributed by atoms with E-state index in [1.807, 2.05) is 0 Å². The Morgan fingerprint density at radius 3 is 2.00 bits per heavy atom. The molecule has 3 nitrogen and oxygen atoms in total. The lowest BCUT2D eigenvalue weighted by Gasteiger charge is -2.42. The van der Waals surface area contributed by atoms with Gasteiger partial charge in [0.05, 0.1) is 0 Å². The Morgan fingerprint density at radius 1 is 1.00 bits per heavy atom. The highest BCUT2D eigenvalue weighted by Gasteiger charge is 2.31. The van der Waals surface area contributed by atoms with Gasteiger partial charge in [-0.1, -0.05) is 12.8 Å². The van der Waals surface area contributed by atoms with Crippen molar-refractivity contribution in [2.75, 3.05) is 32.7 Å². The summed E-state index contributed by atoms with van der Waals surface area (Å²) in [6.07, 6.45) is 5.67. The molecule has 1 saturated carbocycles. The van der Waals surface area contributed by atoms with Gasteiger partial charge in [-0.3, -0.25) is 9.80 Å². The summed E-state index contributed by atoms with van der Waals surface area (Å²) >= 11 is 0. The monoisotopic (exact) mass is 239 g/mol. The molecule has 1 atom stereocenters. The van der Waals surface area contributed by atoms with Gasteiger partial charge >= 0.3 is 0 Å². The highest BCUT2D eigenvalue weighted by atomic mass is 15.3. The van der Waals surface area contributed by atoms with Crippen LogP contribution in [0.3, 0.4) is 0 Å². The van der Waals surface area contributed by atoms with E-state index in [4.69, 9.17) is 5.73 Å². The minimum Gasteiger partial charge on any atom is -0.329 e. The summed E-state index contributed by atoms with van der Waals surface area (Å²) in [6.45, 7) is 10.3. The van der Waals surface area contributed by atoms with Crippen LogP contribution in [0.1, 0.15) is 39.5 Å². The van der Waals surface area contributed by atoms with Crippen molar-refractivity contribution in [2.45, 2.75) is 51.6 Å². The van der Waals surface area contributed by atoms with Crippen molar-refractivity contribution in [1.82, 2.24) is 9.80 Å². The zero-order valence-electron chi connectivity index (χ0n) is 11.6. The van der Waals surface area contributed by atoms with Gasteiger partial charge in [0.25, 0.3) is 0 Å². The summed E-state index contributed by atoms with van der Waals surface area (Å²) in [5.41, 5.74) is 6.02. The Kier molecular flexibility index (Phi) is 4.83. The van der Waals surface area contributed by atoms with Gasteiger partial charge in [0, 0.05) is 44.8 Å². The molecule has 0 aromatic carbocycles. The van der Waals surface area contributed by atoms with Crippen LogP contribution >= 0.6 is 0 Å². The molecule has 1 unspecified atom stereocenters. The van der Waals surface area contributed by atoms with Crippen LogP contribution in [0.25, 0.3) is 0 Å². The standard InChI is InChI=1S/C14H29N3/c1-12(2)16-7-9-17(10-8-16)14(11-15)13-5-3-4-6-13/h12-14H,3-11,15H2,1-2H3. The van der Waals surface area contributed by atoms with Crippen molar-refractivity contribution in [2.24, 2.45) is 11.7 Å². The highest BCUT2D eigenvalue weighted by Crippen LogP contribution is 2.30. The summed E-state index contributed by atoms with van der Waals surface area (Å²) < 4.78 is 0. The number of rotatable bonds is 4. The van der Waals surface area contributed by atoms with Crippen LogP contribution in [0.4, 0.5) is 0 Å². The molecule has 0 bridgehead atoms. The molecule has 0 aromatic heterocycles. The van der Waals surface area contributed by atoms with Gasteiger partial charge in [0.1, 0.15) is 0 Å². The predicted molar refractivity (Wildman–Crippen MR) is 73.1 cm³/mol. The van der Waals surface area contributed by atoms with Gasteiger partial charge in [-0.05, 0) is 32.6 Å². The second kappa shape index (κ2) is 6.17. The summed E-state index contributed by atoms with van der Waals surface area (Å²) in [7, 11) is 0. The van der Waals surface area contributed by atoms with Gasteiger partial charge in [-0.2, -0.15) is 0 Å². The van der Waals surface area contributed by atoms with Crippen LogP contribution in [0.2, 0.25) is 0 Å². The predicted octanol–water partition coefficient (Wildman–Crippen LogP) is 1.53. The summed E-state index contributed by atoms with van der Waals surface area (Å²) in [5.74, 6) is 0.880. The van der Waals surface area contributed by atoms with E-state index in [1.54, 1.807) is 0 Å². The average molecular weight is 239 g/mol. The number of hydrogen-bond donors (Lipinski definition) is 1. The zero-order valence-corrected chi connectivity index (χ0v) is 11.6. The first-order valence-electron chi connectivity index (χ1n) is 7.40. The van der Waals surface area contributed by atoms with Crippen LogP contribution < -0.4 is 5.73 Å². The van der Waals surface area contributed by atoms with E-state index < -0.39 is 0 Å². The lowest BCUT2D eigenvalue weighted by molar-refractivity contribution is 0.0597. The maximum absolute atomic E-state index is 6.02. The van der Waals surface area contributed by atoms with Gasteiger partial charge in [0.15, 0.2) is 0 Å². The first-order chi connectivity index (χ1) is 8.22. The largest absolute Gasteiger partial charge is 0.329 e. The average Bonchev–Trinajstić information content (AvgIpc) is 2.84. The van der Waals surface area contributed by atoms with Crippen molar-refractivity contribution >= 4 is 0 Å². The molecule has 2 fully saturated rings. The molecule has 2 aliphatic rings. The lowest BCUT2D eigenvalue weighted by atomic mass is 9.96. The van der Waals surface area contributed by atoms with Gasteiger partial charge in [0.2, 0.25) is 0 Å². The second-order valence-corrected chi connectivity index (χ2v) is 6.01. The molecule has 3 heteroatoms. The van der Waals surface area contributed by atoms with E-state index in [9.17, 15) is 0 Å². The molecule has 1 aliphatic heterocycles. The second-order valence-electron chi connectivity index (χ2n) is 6.01. The van der Waals surface area contributed by atoms with Crippen molar-refractivity contribution in [3.8, 4) is 0 Å². The molecule has 0 amide bonds. The van der Waals surface area contributed by atoms with E-state index >= 15 is 0 Å².